The van der Waals surface area contributed by atoms with Crippen molar-refractivity contribution in [1.29, 1.82) is 0 Å². The maximum Gasteiger partial charge on any atom is 0.0594 e. The summed E-state index contributed by atoms with van der Waals surface area (Å²) >= 11 is 0. The molecule has 0 aliphatic carbocycles. The summed E-state index contributed by atoms with van der Waals surface area (Å²) in [5, 5.41) is 4.64. The van der Waals surface area contributed by atoms with Crippen LogP contribution in [0.5, 0.6) is 0 Å². The lowest BCUT2D eigenvalue weighted by molar-refractivity contribution is 0.969. The quantitative estimate of drug-likeness (QED) is 0.758. The van der Waals surface area contributed by atoms with E-state index in [9.17, 15) is 0 Å². The van der Waals surface area contributed by atoms with Gasteiger partial charge in [0.25, 0.3) is 0 Å². The van der Waals surface area contributed by atoms with Gasteiger partial charge in [0.2, 0.25) is 0 Å². The molecule has 3 rings (SSSR count). The molecule has 0 spiro atoms. The van der Waals surface area contributed by atoms with E-state index in [0.29, 0.717) is 0 Å². The average Bonchev–Trinajstić information content (AvgIpc) is 2.79. The minimum absolute atomic E-state index is 0.749. The van der Waals surface area contributed by atoms with Crippen LogP contribution in [0.2, 0.25) is 0 Å². The summed E-state index contributed by atoms with van der Waals surface area (Å²) in [7, 11) is 2.06. The van der Waals surface area contributed by atoms with Crippen LogP contribution in [0.3, 0.4) is 0 Å². The topological polar surface area (TPSA) is 29.9 Å². The van der Waals surface area contributed by atoms with Gasteiger partial charge < -0.3 is 9.88 Å². The van der Waals surface area contributed by atoms with E-state index in [4.69, 9.17) is 0 Å². The number of hydrogen-bond acceptors (Lipinski definition) is 2. The van der Waals surface area contributed by atoms with Gasteiger partial charge in [0.1, 0.15) is 0 Å². The highest BCUT2D eigenvalue weighted by Crippen LogP contribution is 2.19. The molecule has 0 unspecified atom stereocenters. The Bertz CT molecular complexity index is 656. The predicted octanol–water partition coefficient (Wildman–Crippen LogP) is 3.19. The van der Waals surface area contributed by atoms with Gasteiger partial charge in [-0.3, -0.25) is 4.98 Å². The molecular weight excluding hydrogens is 222 g/mol. The van der Waals surface area contributed by atoms with Crippen molar-refractivity contribution in [2.75, 3.05) is 5.32 Å². The monoisotopic (exact) mass is 237 g/mol. The van der Waals surface area contributed by atoms with E-state index in [1.165, 1.54) is 10.9 Å². The Labute approximate surface area is 106 Å². The minimum atomic E-state index is 0.749. The van der Waals surface area contributed by atoms with Crippen molar-refractivity contribution in [2.24, 2.45) is 7.05 Å². The van der Waals surface area contributed by atoms with Crippen LogP contribution in [0.15, 0.2) is 54.9 Å². The number of fused-ring (bicyclic) bond motifs is 1. The molecule has 0 bridgehead atoms. The Kier molecular flexibility index (Phi) is 2.73. The van der Waals surface area contributed by atoms with Crippen molar-refractivity contribution in [1.82, 2.24) is 9.55 Å². The predicted molar refractivity (Wildman–Crippen MR) is 74.5 cm³/mol. The molecule has 2 heterocycles. The molecule has 0 saturated carbocycles. The second-order valence-corrected chi connectivity index (χ2v) is 4.37. The number of anilines is 1. The zero-order valence-corrected chi connectivity index (χ0v) is 10.3. The maximum absolute atomic E-state index is 4.29. The van der Waals surface area contributed by atoms with Gasteiger partial charge in [-0.05, 0) is 36.4 Å². The van der Waals surface area contributed by atoms with Gasteiger partial charge >= 0.3 is 0 Å². The molecule has 0 aliphatic heterocycles. The summed E-state index contributed by atoms with van der Waals surface area (Å²) in [6, 6.07) is 14.5. The fourth-order valence-corrected chi connectivity index (χ4v) is 2.09. The molecule has 0 atom stereocenters. The largest absolute Gasteiger partial charge is 0.379 e. The van der Waals surface area contributed by atoms with Crippen molar-refractivity contribution in [3.8, 4) is 0 Å². The highest BCUT2D eigenvalue weighted by Gasteiger charge is 1.99. The van der Waals surface area contributed by atoms with Crippen LogP contribution < -0.4 is 5.32 Å². The Morgan fingerprint density at radius 2 is 2.11 bits per heavy atom. The molecule has 18 heavy (non-hydrogen) atoms. The summed E-state index contributed by atoms with van der Waals surface area (Å²) < 4.78 is 2.12. The average molecular weight is 237 g/mol. The van der Waals surface area contributed by atoms with E-state index in [1.807, 2.05) is 24.4 Å². The highest BCUT2D eigenvalue weighted by molar-refractivity contribution is 5.83. The molecule has 3 aromatic rings. The molecule has 90 valence electrons. The molecule has 1 N–H and O–H groups in total. The van der Waals surface area contributed by atoms with E-state index < -0.39 is 0 Å². The smallest absolute Gasteiger partial charge is 0.0594 e. The fourth-order valence-electron chi connectivity index (χ4n) is 2.09. The summed E-state index contributed by atoms with van der Waals surface area (Å²) in [5.41, 5.74) is 3.42. The van der Waals surface area contributed by atoms with Crippen molar-refractivity contribution in [3.63, 3.8) is 0 Å². The summed E-state index contributed by atoms with van der Waals surface area (Å²) in [5.74, 6) is 0. The Morgan fingerprint density at radius 1 is 1.17 bits per heavy atom. The van der Waals surface area contributed by atoms with Gasteiger partial charge in [0.15, 0.2) is 0 Å². The number of benzene rings is 1. The van der Waals surface area contributed by atoms with Gasteiger partial charge in [0.05, 0.1) is 12.2 Å². The first kappa shape index (κ1) is 10.8. The van der Waals surface area contributed by atoms with Crippen LogP contribution in [-0.4, -0.2) is 9.55 Å². The second kappa shape index (κ2) is 4.53. The molecule has 2 aromatic heterocycles. The molecule has 0 saturated heterocycles. The molecule has 0 amide bonds. The maximum atomic E-state index is 4.29. The number of rotatable bonds is 3. The zero-order valence-electron chi connectivity index (χ0n) is 10.3. The lowest BCUT2D eigenvalue weighted by Gasteiger charge is -2.06. The van der Waals surface area contributed by atoms with Crippen LogP contribution in [0.4, 0.5) is 5.69 Å². The molecule has 3 nitrogen and oxygen atoms in total. The lowest BCUT2D eigenvalue weighted by atomic mass is 10.2. The summed E-state index contributed by atoms with van der Waals surface area (Å²) in [6.07, 6.45) is 3.89. The third kappa shape index (κ3) is 2.07. The van der Waals surface area contributed by atoms with Crippen LogP contribution in [0, 0.1) is 0 Å². The van der Waals surface area contributed by atoms with Crippen LogP contribution >= 0.6 is 0 Å². The Hall–Kier alpha value is -2.29. The highest BCUT2D eigenvalue weighted by atomic mass is 14.9. The first-order valence-electron chi connectivity index (χ1n) is 6.02. The number of nitrogens with zero attached hydrogens (tertiary/aromatic N) is 2. The molecule has 1 aromatic carbocycles. The SMILES string of the molecule is Cn1ccc2cc(NCc3ccccn3)ccc21. The lowest BCUT2D eigenvalue weighted by Crippen LogP contribution is -2.00. The first-order valence-corrected chi connectivity index (χ1v) is 6.02. The number of nitrogens with one attached hydrogen (secondary N) is 1. The molecule has 0 radical (unpaired) electrons. The van der Waals surface area contributed by atoms with Crippen LogP contribution in [0.25, 0.3) is 10.9 Å². The molecule has 0 fully saturated rings. The van der Waals surface area contributed by atoms with Gasteiger partial charge in [-0.2, -0.15) is 0 Å². The van der Waals surface area contributed by atoms with E-state index >= 15 is 0 Å². The van der Waals surface area contributed by atoms with Crippen molar-refractivity contribution < 1.29 is 0 Å². The normalized spacial score (nSPS) is 10.7. The van der Waals surface area contributed by atoms with E-state index in [2.05, 4.69) is 52.4 Å². The number of hydrogen-bond donors (Lipinski definition) is 1. The standard InChI is InChI=1S/C15H15N3/c1-18-9-7-12-10-13(5-6-15(12)18)17-11-14-4-2-3-8-16-14/h2-10,17H,11H2,1H3. The molecule has 0 aliphatic rings. The van der Waals surface area contributed by atoms with E-state index in [-0.39, 0.29) is 0 Å². The number of pyridine rings is 1. The minimum Gasteiger partial charge on any atom is -0.379 e. The Balaban J connectivity index is 1.79. The summed E-state index contributed by atoms with van der Waals surface area (Å²) in [6.45, 7) is 0.749. The number of aromatic nitrogens is 2. The van der Waals surface area contributed by atoms with Crippen LogP contribution in [-0.2, 0) is 13.6 Å². The fraction of sp³-hybridized carbons (Fsp3) is 0.133. The van der Waals surface area contributed by atoms with E-state index in [0.717, 1.165) is 17.9 Å². The molecule has 3 heteroatoms. The number of aryl methyl sites for hydroxylation is 1. The zero-order chi connectivity index (χ0) is 12.4. The second-order valence-electron chi connectivity index (χ2n) is 4.37. The van der Waals surface area contributed by atoms with Crippen molar-refractivity contribution >= 4 is 16.6 Å². The Morgan fingerprint density at radius 3 is 2.94 bits per heavy atom. The van der Waals surface area contributed by atoms with Crippen molar-refractivity contribution in [2.45, 2.75) is 6.54 Å². The van der Waals surface area contributed by atoms with Crippen molar-refractivity contribution in [3.05, 3.63) is 60.6 Å². The third-order valence-electron chi connectivity index (χ3n) is 3.08. The van der Waals surface area contributed by atoms with Gasteiger partial charge in [-0.15, -0.1) is 0 Å². The molecular formula is C15H15N3. The van der Waals surface area contributed by atoms with Gasteiger partial charge in [0, 0.05) is 36.0 Å². The van der Waals surface area contributed by atoms with Crippen LogP contribution in [0.1, 0.15) is 5.69 Å². The van der Waals surface area contributed by atoms with Gasteiger partial charge in [-0.25, -0.2) is 0 Å². The summed E-state index contributed by atoms with van der Waals surface area (Å²) in [4.78, 5) is 4.29. The van der Waals surface area contributed by atoms with Gasteiger partial charge in [-0.1, -0.05) is 6.07 Å². The van der Waals surface area contributed by atoms with E-state index in [1.54, 1.807) is 0 Å². The third-order valence-corrected chi connectivity index (χ3v) is 3.08. The first-order chi connectivity index (χ1) is 8.83.